The van der Waals surface area contributed by atoms with Crippen molar-refractivity contribution in [3.63, 3.8) is 0 Å². The molecule has 0 spiro atoms. The largest absolute Gasteiger partial charge is 0.396 e. The van der Waals surface area contributed by atoms with Gasteiger partial charge in [0.1, 0.15) is 0 Å². The lowest BCUT2D eigenvalue weighted by Gasteiger charge is -2.21. The van der Waals surface area contributed by atoms with Crippen LogP contribution >= 0.6 is 0 Å². The van der Waals surface area contributed by atoms with Gasteiger partial charge in [-0.2, -0.15) is 0 Å². The molecule has 1 unspecified atom stereocenters. The molecule has 0 aliphatic rings. The van der Waals surface area contributed by atoms with Crippen LogP contribution in [0.2, 0.25) is 0 Å². The number of hydrogen-bond donors (Lipinski definition) is 3. The van der Waals surface area contributed by atoms with Crippen molar-refractivity contribution >= 4 is 6.03 Å². The van der Waals surface area contributed by atoms with Gasteiger partial charge in [0.2, 0.25) is 0 Å². The maximum Gasteiger partial charge on any atom is 0.315 e. The molecule has 0 fully saturated rings. The molecule has 0 heterocycles. The van der Waals surface area contributed by atoms with Crippen LogP contribution in [0, 0.1) is 0 Å². The second kappa shape index (κ2) is 9.34. The summed E-state index contributed by atoms with van der Waals surface area (Å²) in [4.78, 5) is 11.9. The van der Waals surface area contributed by atoms with Crippen LogP contribution in [0.15, 0.2) is 30.3 Å². The SMILES string of the molecule is COCCC(C)NC(=O)N[C@H](CCO)c1ccccc1. The number of amides is 2. The zero-order valence-corrected chi connectivity index (χ0v) is 12.1. The first-order valence-corrected chi connectivity index (χ1v) is 6.89. The number of rotatable bonds is 8. The van der Waals surface area contributed by atoms with Crippen LogP contribution < -0.4 is 10.6 Å². The van der Waals surface area contributed by atoms with Crippen molar-refractivity contribution in [1.82, 2.24) is 10.6 Å². The molecule has 2 amide bonds. The van der Waals surface area contributed by atoms with Gasteiger partial charge < -0.3 is 20.5 Å². The molecule has 0 saturated carbocycles. The maximum atomic E-state index is 11.9. The minimum Gasteiger partial charge on any atom is -0.396 e. The van der Waals surface area contributed by atoms with Crippen molar-refractivity contribution in [2.24, 2.45) is 0 Å². The Morgan fingerprint density at radius 2 is 1.95 bits per heavy atom. The van der Waals surface area contributed by atoms with Gasteiger partial charge in [0.25, 0.3) is 0 Å². The van der Waals surface area contributed by atoms with Crippen molar-refractivity contribution in [2.75, 3.05) is 20.3 Å². The summed E-state index contributed by atoms with van der Waals surface area (Å²) in [5.74, 6) is 0. The zero-order valence-electron chi connectivity index (χ0n) is 12.1. The Kier molecular flexibility index (Phi) is 7.69. The van der Waals surface area contributed by atoms with E-state index in [0.29, 0.717) is 13.0 Å². The van der Waals surface area contributed by atoms with Gasteiger partial charge in [-0.3, -0.25) is 0 Å². The maximum absolute atomic E-state index is 11.9. The van der Waals surface area contributed by atoms with E-state index < -0.39 is 0 Å². The van der Waals surface area contributed by atoms with Crippen LogP contribution in [0.25, 0.3) is 0 Å². The van der Waals surface area contributed by atoms with Crippen molar-refractivity contribution in [1.29, 1.82) is 0 Å². The summed E-state index contributed by atoms with van der Waals surface area (Å²) >= 11 is 0. The topological polar surface area (TPSA) is 70.6 Å². The van der Waals surface area contributed by atoms with Crippen LogP contribution in [0.3, 0.4) is 0 Å². The van der Waals surface area contributed by atoms with Crippen LogP contribution in [0.1, 0.15) is 31.4 Å². The van der Waals surface area contributed by atoms with Crippen molar-refractivity contribution in [2.45, 2.75) is 31.8 Å². The molecule has 0 bridgehead atoms. The van der Waals surface area contributed by atoms with Gasteiger partial charge in [0, 0.05) is 26.4 Å². The number of hydrogen-bond acceptors (Lipinski definition) is 3. The molecular formula is C15H24N2O3. The Bertz CT molecular complexity index is 384. The predicted octanol–water partition coefficient (Wildman–Crippen LogP) is 1.83. The Hall–Kier alpha value is -1.59. The third-order valence-electron chi connectivity index (χ3n) is 3.06. The van der Waals surface area contributed by atoms with Gasteiger partial charge in [0.05, 0.1) is 6.04 Å². The minimum absolute atomic E-state index is 0.0269. The summed E-state index contributed by atoms with van der Waals surface area (Å²) in [7, 11) is 1.64. The molecule has 3 N–H and O–H groups in total. The smallest absolute Gasteiger partial charge is 0.315 e. The lowest BCUT2D eigenvalue weighted by Crippen LogP contribution is -2.42. The highest BCUT2D eigenvalue weighted by Crippen LogP contribution is 2.15. The summed E-state index contributed by atoms with van der Waals surface area (Å²) in [5.41, 5.74) is 0.987. The average molecular weight is 280 g/mol. The molecule has 0 aliphatic heterocycles. The summed E-state index contributed by atoms with van der Waals surface area (Å²) in [6, 6.07) is 9.27. The fourth-order valence-electron chi connectivity index (χ4n) is 1.93. The third kappa shape index (κ3) is 6.04. The zero-order chi connectivity index (χ0) is 14.8. The van der Waals surface area contributed by atoms with Crippen LogP contribution in [0.5, 0.6) is 0 Å². The molecule has 5 nitrogen and oxygen atoms in total. The average Bonchev–Trinajstić information content (AvgIpc) is 2.45. The molecule has 1 aromatic carbocycles. The highest BCUT2D eigenvalue weighted by Gasteiger charge is 2.15. The molecule has 0 aromatic heterocycles. The third-order valence-corrected chi connectivity index (χ3v) is 3.06. The summed E-state index contributed by atoms with van der Waals surface area (Å²) < 4.78 is 4.98. The van der Waals surface area contributed by atoms with Crippen LogP contribution in [-0.4, -0.2) is 37.5 Å². The van der Waals surface area contributed by atoms with E-state index in [0.717, 1.165) is 12.0 Å². The van der Waals surface area contributed by atoms with Gasteiger partial charge in [-0.1, -0.05) is 30.3 Å². The molecule has 0 aliphatic carbocycles. The number of ether oxygens (including phenoxy) is 1. The quantitative estimate of drug-likeness (QED) is 0.680. The Morgan fingerprint density at radius 1 is 1.25 bits per heavy atom. The Balaban J connectivity index is 2.51. The second-order valence-corrected chi connectivity index (χ2v) is 4.78. The van der Waals surface area contributed by atoms with E-state index in [1.165, 1.54) is 0 Å². The van der Waals surface area contributed by atoms with E-state index >= 15 is 0 Å². The van der Waals surface area contributed by atoms with E-state index in [1.54, 1.807) is 7.11 Å². The summed E-state index contributed by atoms with van der Waals surface area (Å²) in [6.45, 7) is 2.57. The normalized spacial score (nSPS) is 13.6. The number of methoxy groups -OCH3 is 1. The van der Waals surface area contributed by atoms with Crippen molar-refractivity contribution in [3.05, 3.63) is 35.9 Å². The molecule has 112 valence electrons. The first-order chi connectivity index (χ1) is 9.67. The fraction of sp³-hybridized carbons (Fsp3) is 0.533. The number of carbonyl (C=O) groups is 1. The standard InChI is InChI=1S/C15H24N2O3/c1-12(9-11-20-2)16-15(19)17-14(8-10-18)13-6-4-3-5-7-13/h3-7,12,14,18H,8-11H2,1-2H3,(H2,16,17,19)/t12?,14-/m1/s1. The number of aliphatic hydroxyl groups is 1. The fourth-order valence-corrected chi connectivity index (χ4v) is 1.93. The first kappa shape index (κ1) is 16.5. The first-order valence-electron chi connectivity index (χ1n) is 6.89. The minimum atomic E-state index is -0.226. The predicted molar refractivity (Wildman–Crippen MR) is 78.5 cm³/mol. The van der Waals surface area contributed by atoms with Gasteiger partial charge in [0.15, 0.2) is 0 Å². The monoisotopic (exact) mass is 280 g/mol. The lowest BCUT2D eigenvalue weighted by atomic mass is 10.0. The molecule has 20 heavy (non-hydrogen) atoms. The molecule has 5 heteroatoms. The van der Waals surface area contributed by atoms with E-state index in [-0.39, 0.29) is 24.7 Å². The molecule has 0 radical (unpaired) electrons. The lowest BCUT2D eigenvalue weighted by molar-refractivity contribution is 0.183. The summed E-state index contributed by atoms with van der Waals surface area (Å²) in [5, 5.41) is 14.9. The Labute approximate surface area is 120 Å². The molecular weight excluding hydrogens is 256 g/mol. The van der Waals surface area contributed by atoms with Crippen LogP contribution in [0.4, 0.5) is 4.79 Å². The number of urea groups is 1. The van der Waals surface area contributed by atoms with E-state index in [1.807, 2.05) is 37.3 Å². The highest BCUT2D eigenvalue weighted by atomic mass is 16.5. The van der Waals surface area contributed by atoms with E-state index in [4.69, 9.17) is 9.84 Å². The number of aliphatic hydroxyl groups excluding tert-OH is 1. The van der Waals surface area contributed by atoms with Crippen LogP contribution in [-0.2, 0) is 4.74 Å². The number of carbonyl (C=O) groups excluding carboxylic acids is 1. The molecule has 2 atom stereocenters. The molecule has 0 saturated heterocycles. The van der Waals surface area contributed by atoms with E-state index in [2.05, 4.69) is 10.6 Å². The second-order valence-electron chi connectivity index (χ2n) is 4.78. The van der Waals surface area contributed by atoms with E-state index in [9.17, 15) is 4.79 Å². The van der Waals surface area contributed by atoms with Gasteiger partial charge in [-0.25, -0.2) is 4.79 Å². The van der Waals surface area contributed by atoms with Gasteiger partial charge >= 0.3 is 6.03 Å². The molecule has 1 aromatic rings. The Morgan fingerprint density at radius 3 is 2.55 bits per heavy atom. The summed E-state index contributed by atoms with van der Waals surface area (Å²) in [6.07, 6.45) is 1.25. The highest BCUT2D eigenvalue weighted by molar-refractivity contribution is 5.74. The number of nitrogens with one attached hydrogen (secondary N) is 2. The van der Waals surface area contributed by atoms with Gasteiger partial charge in [-0.15, -0.1) is 0 Å². The van der Waals surface area contributed by atoms with Crippen molar-refractivity contribution in [3.8, 4) is 0 Å². The molecule has 1 rings (SSSR count). The number of benzene rings is 1. The van der Waals surface area contributed by atoms with Crippen molar-refractivity contribution < 1.29 is 14.6 Å². The van der Waals surface area contributed by atoms with Gasteiger partial charge in [-0.05, 0) is 25.3 Å².